The molecule has 4 amide bonds. The number of piperidine rings is 1. The second-order valence-electron chi connectivity index (χ2n) is 9.85. The topological polar surface area (TPSA) is 161 Å². The molecule has 1 fully saturated rings. The van der Waals surface area contributed by atoms with Gasteiger partial charge in [-0.3, -0.25) is 34.0 Å². The number of nitrogens with one attached hydrogen (secondary N) is 3. The lowest BCUT2D eigenvalue weighted by atomic mass is 10.1. The van der Waals surface area contributed by atoms with E-state index in [0.29, 0.717) is 11.4 Å². The number of alkyl carbamates (subject to hydrolysis) is 1. The number of carbonyl (C=O) groups is 4. The van der Waals surface area contributed by atoms with Crippen LogP contribution in [-0.4, -0.2) is 44.0 Å². The number of para-hydroxylation sites is 1. The number of anilines is 1. The van der Waals surface area contributed by atoms with Gasteiger partial charge in [0.05, 0.1) is 28.9 Å². The van der Waals surface area contributed by atoms with Crippen LogP contribution in [0.1, 0.15) is 61.5 Å². The van der Waals surface area contributed by atoms with Gasteiger partial charge in [-0.05, 0) is 58.4 Å². The molecule has 1 aliphatic heterocycles. The molecule has 12 heteroatoms. The quantitative estimate of drug-likeness (QED) is 0.432. The number of hydrogen-bond acceptors (Lipinski definition) is 8. The van der Waals surface area contributed by atoms with Gasteiger partial charge in [-0.25, -0.2) is 9.78 Å². The van der Waals surface area contributed by atoms with E-state index in [-0.39, 0.29) is 47.6 Å². The molecular weight excluding hydrogens is 492 g/mol. The first-order valence-electron chi connectivity index (χ1n) is 12.0. The summed E-state index contributed by atoms with van der Waals surface area (Å²) in [6.07, 6.45) is 1.13. The third kappa shape index (κ3) is 5.85. The second kappa shape index (κ2) is 10.4. The van der Waals surface area contributed by atoms with E-state index in [1.807, 2.05) is 0 Å². The van der Waals surface area contributed by atoms with E-state index >= 15 is 0 Å². The number of aromatic nitrogens is 3. The minimum atomic E-state index is -0.843. The smallest absolute Gasteiger partial charge is 0.407 e. The largest absolute Gasteiger partial charge is 0.444 e. The monoisotopic (exact) mass is 520 g/mol. The summed E-state index contributed by atoms with van der Waals surface area (Å²) in [5.74, 6) is -1.11. The molecule has 2 aromatic heterocycles. The van der Waals surface area contributed by atoms with Gasteiger partial charge in [-0.2, -0.15) is 0 Å². The molecule has 1 aliphatic rings. The highest BCUT2D eigenvalue weighted by Gasteiger charge is 2.30. The van der Waals surface area contributed by atoms with Crippen molar-refractivity contribution in [3.63, 3.8) is 0 Å². The van der Waals surface area contributed by atoms with E-state index in [9.17, 15) is 24.0 Å². The summed E-state index contributed by atoms with van der Waals surface area (Å²) in [7, 11) is 0. The summed E-state index contributed by atoms with van der Waals surface area (Å²) in [6, 6.07) is 7.12. The molecule has 0 aliphatic carbocycles. The van der Waals surface area contributed by atoms with Crippen LogP contribution in [0, 0.1) is 6.92 Å². The molecule has 0 saturated carbocycles. The number of rotatable bonds is 5. The Hall–Kier alpha value is -4.61. The molecule has 1 unspecified atom stereocenters. The van der Waals surface area contributed by atoms with Crippen molar-refractivity contribution in [2.24, 2.45) is 0 Å². The third-order valence-electron chi connectivity index (χ3n) is 5.78. The van der Waals surface area contributed by atoms with Crippen molar-refractivity contribution in [2.75, 3.05) is 5.32 Å². The molecule has 3 aromatic rings. The van der Waals surface area contributed by atoms with Gasteiger partial charge < -0.3 is 15.4 Å². The van der Waals surface area contributed by atoms with Crippen molar-refractivity contribution in [1.29, 1.82) is 0 Å². The van der Waals surface area contributed by atoms with Gasteiger partial charge >= 0.3 is 6.09 Å². The number of aryl methyl sites for hydroxylation is 1. The molecule has 1 aromatic carbocycles. The summed E-state index contributed by atoms with van der Waals surface area (Å²) in [5, 5.41) is 7.84. The Kier molecular flexibility index (Phi) is 7.24. The van der Waals surface area contributed by atoms with Gasteiger partial charge in [0.25, 0.3) is 11.5 Å². The maximum absolute atomic E-state index is 13.3. The summed E-state index contributed by atoms with van der Waals surface area (Å²) < 4.78 is 6.47. The molecule has 1 saturated heterocycles. The lowest BCUT2D eigenvalue weighted by Gasteiger charge is -2.24. The molecular formula is C26H28N6O6. The zero-order valence-electron chi connectivity index (χ0n) is 21.5. The van der Waals surface area contributed by atoms with Crippen LogP contribution in [0.4, 0.5) is 10.5 Å². The number of fused-ring (bicyclic) bond motifs is 1. The van der Waals surface area contributed by atoms with Crippen molar-refractivity contribution < 1.29 is 23.9 Å². The number of hydrogen-bond donors (Lipinski definition) is 3. The van der Waals surface area contributed by atoms with Crippen molar-refractivity contribution >= 4 is 40.4 Å². The van der Waals surface area contributed by atoms with Crippen LogP contribution in [0.2, 0.25) is 0 Å². The Labute approximate surface area is 217 Å². The van der Waals surface area contributed by atoms with Crippen LogP contribution in [0.5, 0.6) is 0 Å². The van der Waals surface area contributed by atoms with E-state index < -0.39 is 35.1 Å². The van der Waals surface area contributed by atoms with E-state index in [1.54, 1.807) is 58.0 Å². The number of ether oxygens (including phenoxy) is 1. The Morgan fingerprint density at radius 3 is 2.58 bits per heavy atom. The highest BCUT2D eigenvalue weighted by molar-refractivity contribution is 6.08. The van der Waals surface area contributed by atoms with Crippen LogP contribution in [0.25, 0.3) is 10.9 Å². The Morgan fingerprint density at radius 1 is 1.16 bits per heavy atom. The van der Waals surface area contributed by atoms with Crippen molar-refractivity contribution in [3.8, 4) is 0 Å². The number of amides is 4. The van der Waals surface area contributed by atoms with Gasteiger partial charge in [0.1, 0.15) is 23.0 Å². The lowest BCUT2D eigenvalue weighted by molar-refractivity contribution is -0.135. The Balaban J connectivity index is 1.51. The van der Waals surface area contributed by atoms with Gasteiger partial charge in [-0.15, -0.1) is 0 Å². The fraction of sp³-hybridized carbons (Fsp3) is 0.346. The summed E-state index contributed by atoms with van der Waals surface area (Å²) >= 11 is 0. The van der Waals surface area contributed by atoms with E-state index in [2.05, 4.69) is 25.9 Å². The maximum atomic E-state index is 13.3. The van der Waals surface area contributed by atoms with Gasteiger partial charge in [0, 0.05) is 12.6 Å². The van der Waals surface area contributed by atoms with E-state index in [4.69, 9.17) is 4.74 Å². The minimum absolute atomic E-state index is 0.125. The zero-order valence-corrected chi connectivity index (χ0v) is 21.5. The van der Waals surface area contributed by atoms with Gasteiger partial charge in [0.15, 0.2) is 0 Å². The predicted octanol–water partition coefficient (Wildman–Crippen LogP) is 2.35. The zero-order chi connectivity index (χ0) is 27.6. The number of carbonyl (C=O) groups excluding carboxylic acids is 4. The molecule has 38 heavy (non-hydrogen) atoms. The van der Waals surface area contributed by atoms with Crippen LogP contribution >= 0.6 is 0 Å². The highest BCUT2D eigenvalue weighted by Crippen LogP contribution is 2.24. The molecule has 0 radical (unpaired) electrons. The lowest BCUT2D eigenvalue weighted by Crippen LogP contribution is -2.45. The average Bonchev–Trinajstić information content (AvgIpc) is 2.84. The standard InChI is InChI=1S/C26H28N6O6/c1-14-29-21-17(24(36)32(14)19-10-11-20(33)31-23(19)35)6-5-7-18(21)30-22(34)15-8-9-16(27-12-15)13-28-25(37)38-26(2,3)4/h5-9,12,19H,10-11,13H2,1-4H3,(H,28,37)(H,30,34)(H,31,33,35). The number of imide groups is 1. The SMILES string of the molecule is Cc1nc2c(NC(=O)c3ccc(CNC(=O)OC(C)(C)C)nc3)cccc2c(=O)n1C1CCC(=O)NC1=O. The van der Waals surface area contributed by atoms with Gasteiger partial charge in [0.2, 0.25) is 11.8 Å². The average molecular weight is 521 g/mol. The van der Waals surface area contributed by atoms with Crippen LogP contribution in [0.3, 0.4) is 0 Å². The van der Waals surface area contributed by atoms with Crippen molar-refractivity contribution in [3.05, 3.63) is 64.0 Å². The van der Waals surface area contributed by atoms with Gasteiger partial charge in [-0.1, -0.05) is 6.07 Å². The van der Waals surface area contributed by atoms with Crippen molar-refractivity contribution in [2.45, 2.75) is 58.7 Å². The van der Waals surface area contributed by atoms with Crippen LogP contribution < -0.4 is 21.5 Å². The predicted molar refractivity (Wildman–Crippen MR) is 137 cm³/mol. The number of benzene rings is 1. The van der Waals surface area contributed by atoms with Crippen LogP contribution in [0.15, 0.2) is 41.3 Å². The maximum Gasteiger partial charge on any atom is 0.407 e. The molecule has 4 rings (SSSR count). The second-order valence-corrected chi connectivity index (χ2v) is 9.85. The molecule has 0 bridgehead atoms. The van der Waals surface area contributed by atoms with Crippen LogP contribution in [-0.2, 0) is 20.9 Å². The Morgan fingerprint density at radius 2 is 1.92 bits per heavy atom. The fourth-order valence-electron chi connectivity index (χ4n) is 4.06. The van der Waals surface area contributed by atoms with E-state index in [0.717, 1.165) is 0 Å². The summed E-state index contributed by atoms with van der Waals surface area (Å²) in [5.41, 5.74) is 0.325. The molecule has 1 atom stereocenters. The van der Waals surface area contributed by atoms with Crippen molar-refractivity contribution in [1.82, 2.24) is 25.2 Å². The summed E-state index contributed by atoms with van der Waals surface area (Å²) in [4.78, 5) is 70.6. The molecule has 3 N–H and O–H groups in total. The molecule has 0 spiro atoms. The molecule has 12 nitrogen and oxygen atoms in total. The number of nitrogens with zero attached hydrogens (tertiary/aromatic N) is 3. The first-order chi connectivity index (χ1) is 17.9. The molecule has 198 valence electrons. The minimum Gasteiger partial charge on any atom is -0.444 e. The first-order valence-corrected chi connectivity index (χ1v) is 12.0. The van der Waals surface area contributed by atoms with E-state index in [1.165, 1.54) is 10.8 Å². The number of pyridine rings is 1. The normalized spacial score (nSPS) is 15.6. The third-order valence-corrected chi connectivity index (χ3v) is 5.78. The first kappa shape index (κ1) is 26.5. The molecule has 3 heterocycles. The Bertz CT molecular complexity index is 1490. The summed E-state index contributed by atoms with van der Waals surface area (Å²) in [6.45, 7) is 7.01. The fourth-order valence-corrected chi connectivity index (χ4v) is 4.06. The highest BCUT2D eigenvalue weighted by atomic mass is 16.6.